The molecule has 1 N–H and O–H groups in total. The Balaban J connectivity index is 1.62. The zero-order chi connectivity index (χ0) is 22.2. The van der Waals surface area contributed by atoms with Crippen molar-refractivity contribution in [1.29, 1.82) is 0 Å². The van der Waals surface area contributed by atoms with Crippen LogP contribution in [-0.4, -0.2) is 14.7 Å². The summed E-state index contributed by atoms with van der Waals surface area (Å²) in [4.78, 5) is 6.86. The van der Waals surface area contributed by atoms with E-state index in [2.05, 4.69) is 73.8 Å². The summed E-state index contributed by atoms with van der Waals surface area (Å²) in [5, 5.41) is 4.24. The highest BCUT2D eigenvalue weighted by Gasteiger charge is 2.42. The molecule has 2 atom stereocenters. The molecule has 3 aromatic heterocycles. The van der Waals surface area contributed by atoms with Crippen LogP contribution in [0.5, 0.6) is 0 Å². The van der Waals surface area contributed by atoms with Crippen molar-refractivity contribution in [3.05, 3.63) is 106 Å². The SMILES string of the molecule is Cc1cc([C@H]2[C@H](c3ccccn3)NC(=S)N2c2ccc(Br)cc2)c(C)n1Cc1ccco1. The molecule has 0 aliphatic carbocycles. The van der Waals surface area contributed by atoms with E-state index in [1.54, 1.807) is 6.26 Å². The van der Waals surface area contributed by atoms with Crippen LogP contribution in [0.3, 0.4) is 0 Å². The third-order valence-corrected chi connectivity index (χ3v) is 6.87. The standard InChI is InChI=1S/C25H23BrN4OS/c1-16-14-21(17(2)29(16)15-20-6-5-13-31-20)24-23(22-7-3-4-12-27-22)28-25(32)30(24)19-10-8-18(26)9-11-19/h3-14,23-24H,15H2,1-2H3,(H,28,32)/t23-,24-/m0/s1. The Bertz CT molecular complexity index is 1240. The molecule has 4 aromatic rings. The molecule has 162 valence electrons. The lowest BCUT2D eigenvalue weighted by Gasteiger charge is -2.28. The van der Waals surface area contributed by atoms with Gasteiger partial charge in [-0.25, -0.2) is 0 Å². The van der Waals surface area contributed by atoms with E-state index in [1.807, 2.05) is 42.6 Å². The van der Waals surface area contributed by atoms with Crippen molar-refractivity contribution in [3.8, 4) is 0 Å². The first-order valence-corrected chi connectivity index (χ1v) is 11.7. The van der Waals surface area contributed by atoms with Crippen LogP contribution in [-0.2, 0) is 6.54 Å². The Morgan fingerprint density at radius 3 is 2.59 bits per heavy atom. The van der Waals surface area contributed by atoms with Crippen molar-refractivity contribution in [2.45, 2.75) is 32.5 Å². The second-order valence-corrected chi connectivity index (χ2v) is 9.27. The van der Waals surface area contributed by atoms with Crippen molar-refractivity contribution in [3.63, 3.8) is 0 Å². The Morgan fingerprint density at radius 1 is 1.09 bits per heavy atom. The number of halogens is 1. The number of thiocarbonyl (C=S) groups is 1. The lowest BCUT2D eigenvalue weighted by atomic mass is 9.96. The molecule has 7 heteroatoms. The van der Waals surface area contributed by atoms with Crippen LogP contribution in [0.25, 0.3) is 0 Å². The molecule has 5 nitrogen and oxygen atoms in total. The van der Waals surface area contributed by atoms with Crippen LogP contribution >= 0.6 is 28.1 Å². The number of nitrogens with one attached hydrogen (secondary N) is 1. The van der Waals surface area contributed by atoms with Crippen LogP contribution in [0.1, 0.15) is 40.5 Å². The largest absolute Gasteiger partial charge is 0.467 e. The summed E-state index contributed by atoms with van der Waals surface area (Å²) in [5.41, 5.74) is 5.61. The molecular weight excluding hydrogens is 484 g/mol. The van der Waals surface area contributed by atoms with E-state index in [-0.39, 0.29) is 12.1 Å². The molecule has 0 bridgehead atoms. The van der Waals surface area contributed by atoms with Gasteiger partial charge in [-0.05, 0) is 86.2 Å². The van der Waals surface area contributed by atoms with Gasteiger partial charge in [-0.3, -0.25) is 4.98 Å². The minimum absolute atomic E-state index is 0.0323. The summed E-state index contributed by atoms with van der Waals surface area (Å²) in [6.07, 6.45) is 3.55. The van der Waals surface area contributed by atoms with Crippen molar-refractivity contribution < 1.29 is 4.42 Å². The Labute approximate surface area is 201 Å². The summed E-state index contributed by atoms with van der Waals surface area (Å²) in [6.45, 7) is 5.00. The molecule has 5 rings (SSSR count). The average molecular weight is 507 g/mol. The summed E-state index contributed by atoms with van der Waals surface area (Å²) in [7, 11) is 0. The number of hydrogen-bond acceptors (Lipinski definition) is 3. The molecule has 1 fully saturated rings. The number of furan rings is 1. The molecule has 0 unspecified atom stereocenters. The molecular formula is C25H23BrN4OS. The number of aryl methyl sites for hydroxylation is 1. The van der Waals surface area contributed by atoms with Gasteiger partial charge in [0, 0.05) is 27.7 Å². The fourth-order valence-electron chi connectivity index (χ4n) is 4.48. The summed E-state index contributed by atoms with van der Waals surface area (Å²) >= 11 is 9.38. The van der Waals surface area contributed by atoms with E-state index in [0.717, 1.165) is 21.6 Å². The number of benzene rings is 1. The second-order valence-electron chi connectivity index (χ2n) is 7.96. The molecule has 0 spiro atoms. The monoisotopic (exact) mass is 506 g/mol. The lowest BCUT2D eigenvalue weighted by Crippen LogP contribution is -2.29. The maximum Gasteiger partial charge on any atom is 0.174 e. The van der Waals surface area contributed by atoms with Gasteiger partial charge in [0.2, 0.25) is 0 Å². The van der Waals surface area contributed by atoms with Crippen molar-refractivity contribution >= 4 is 38.9 Å². The van der Waals surface area contributed by atoms with Gasteiger partial charge in [-0.15, -0.1) is 0 Å². The summed E-state index contributed by atoms with van der Waals surface area (Å²) < 4.78 is 8.94. The van der Waals surface area contributed by atoms with E-state index in [0.29, 0.717) is 11.7 Å². The van der Waals surface area contributed by atoms with Crippen molar-refractivity contribution in [2.24, 2.45) is 0 Å². The number of aromatic nitrogens is 2. The van der Waals surface area contributed by atoms with Gasteiger partial charge < -0.3 is 19.2 Å². The van der Waals surface area contributed by atoms with Crippen molar-refractivity contribution in [1.82, 2.24) is 14.9 Å². The Kier molecular flexibility index (Phi) is 5.61. The van der Waals surface area contributed by atoms with Gasteiger partial charge in [-0.1, -0.05) is 22.0 Å². The van der Waals surface area contributed by atoms with Gasteiger partial charge >= 0.3 is 0 Å². The molecule has 1 saturated heterocycles. The van der Waals surface area contributed by atoms with E-state index >= 15 is 0 Å². The zero-order valence-electron chi connectivity index (χ0n) is 17.8. The lowest BCUT2D eigenvalue weighted by molar-refractivity contribution is 0.488. The third kappa shape index (κ3) is 3.76. The first-order valence-electron chi connectivity index (χ1n) is 10.5. The van der Waals surface area contributed by atoms with Gasteiger partial charge in [0.1, 0.15) is 5.76 Å². The second kappa shape index (κ2) is 8.56. The number of anilines is 1. The van der Waals surface area contributed by atoms with Gasteiger partial charge in [0.05, 0.1) is 30.6 Å². The highest BCUT2D eigenvalue weighted by atomic mass is 79.9. The molecule has 32 heavy (non-hydrogen) atoms. The zero-order valence-corrected chi connectivity index (χ0v) is 20.2. The van der Waals surface area contributed by atoms with E-state index in [9.17, 15) is 0 Å². The summed E-state index contributed by atoms with van der Waals surface area (Å²) in [5.74, 6) is 0.935. The molecule has 1 aliphatic heterocycles. The highest BCUT2D eigenvalue weighted by molar-refractivity contribution is 9.10. The Morgan fingerprint density at radius 2 is 1.91 bits per heavy atom. The average Bonchev–Trinajstić information content (AvgIpc) is 3.50. The van der Waals surface area contributed by atoms with Gasteiger partial charge in [0.15, 0.2) is 5.11 Å². The quantitative estimate of drug-likeness (QED) is 0.332. The fraction of sp³-hybridized carbons (Fsp3) is 0.200. The fourth-order valence-corrected chi connectivity index (χ4v) is 5.09. The number of rotatable bonds is 5. The number of pyridine rings is 1. The van der Waals surface area contributed by atoms with E-state index in [4.69, 9.17) is 16.6 Å². The molecule has 0 saturated carbocycles. The molecule has 1 aromatic carbocycles. The Hall–Kier alpha value is -2.90. The predicted molar refractivity (Wildman–Crippen MR) is 134 cm³/mol. The third-order valence-electron chi connectivity index (χ3n) is 6.03. The minimum atomic E-state index is -0.0649. The molecule has 1 aliphatic rings. The maximum atomic E-state index is 5.84. The van der Waals surface area contributed by atoms with Crippen LogP contribution in [0.15, 0.2) is 82.0 Å². The topological polar surface area (TPSA) is 46.2 Å². The normalized spacial score (nSPS) is 18.2. The maximum absolute atomic E-state index is 5.84. The minimum Gasteiger partial charge on any atom is -0.467 e. The van der Waals surface area contributed by atoms with E-state index < -0.39 is 0 Å². The first kappa shape index (κ1) is 21.0. The first-order chi connectivity index (χ1) is 15.5. The number of nitrogens with zero attached hydrogens (tertiary/aromatic N) is 3. The molecule has 0 amide bonds. The van der Waals surface area contributed by atoms with Crippen LogP contribution in [0.4, 0.5) is 5.69 Å². The summed E-state index contributed by atoms with van der Waals surface area (Å²) in [6, 6.07) is 20.4. The van der Waals surface area contributed by atoms with Gasteiger partial charge in [0.25, 0.3) is 0 Å². The van der Waals surface area contributed by atoms with Crippen LogP contribution in [0.2, 0.25) is 0 Å². The van der Waals surface area contributed by atoms with Gasteiger partial charge in [-0.2, -0.15) is 0 Å². The van der Waals surface area contributed by atoms with Crippen LogP contribution < -0.4 is 10.2 Å². The smallest absolute Gasteiger partial charge is 0.174 e. The molecule has 4 heterocycles. The number of hydrogen-bond donors (Lipinski definition) is 1. The predicted octanol–water partition coefficient (Wildman–Crippen LogP) is 6.08. The highest BCUT2D eigenvalue weighted by Crippen LogP contribution is 2.43. The van der Waals surface area contributed by atoms with Crippen LogP contribution in [0, 0.1) is 13.8 Å². The molecule has 0 radical (unpaired) electrons. The van der Waals surface area contributed by atoms with E-state index in [1.165, 1.54) is 17.0 Å². The van der Waals surface area contributed by atoms with Crippen molar-refractivity contribution in [2.75, 3.05) is 4.90 Å².